The second kappa shape index (κ2) is 8.22. The molecule has 1 atom stereocenters. The molecule has 0 radical (unpaired) electrons. The molecule has 0 saturated carbocycles. The maximum absolute atomic E-state index is 12.3. The summed E-state index contributed by atoms with van der Waals surface area (Å²) in [7, 11) is 1.57. The summed E-state index contributed by atoms with van der Waals surface area (Å²) in [6.45, 7) is 5.13. The van der Waals surface area contributed by atoms with Crippen LogP contribution in [0.25, 0.3) is 0 Å². The van der Waals surface area contributed by atoms with E-state index in [1.165, 1.54) is 5.56 Å². The molecular formula is C19H23NO3. The van der Waals surface area contributed by atoms with Gasteiger partial charge >= 0.3 is 0 Å². The molecule has 2 rings (SSSR count). The number of ether oxygens (including phenoxy) is 2. The third kappa shape index (κ3) is 4.49. The number of benzene rings is 2. The first-order valence-electron chi connectivity index (χ1n) is 7.79. The van der Waals surface area contributed by atoms with Gasteiger partial charge in [0, 0.05) is 12.1 Å². The second-order valence-corrected chi connectivity index (χ2v) is 5.32. The molecule has 1 amide bonds. The molecule has 0 aliphatic heterocycles. The van der Waals surface area contributed by atoms with Crippen LogP contribution >= 0.6 is 0 Å². The van der Waals surface area contributed by atoms with Crippen LogP contribution in [0.3, 0.4) is 0 Å². The molecule has 0 aliphatic rings. The van der Waals surface area contributed by atoms with Crippen molar-refractivity contribution in [1.82, 2.24) is 5.32 Å². The molecule has 0 aliphatic carbocycles. The number of carbonyl (C=O) groups excluding carboxylic acids is 1. The zero-order valence-electron chi connectivity index (χ0n) is 13.8. The molecule has 2 aromatic carbocycles. The highest BCUT2D eigenvalue weighted by molar-refractivity contribution is 5.94. The number of methoxy groups -OCH3 is 1. The first kappa shape index (κ1) is 16.9. The summed E-state index contributed by atoms with van der Waals surface area (Å²) in [5.41, 5.74) is 1.77. The minimum atomic E-state index is -0.117. The Balaban J connectivity index is 2.00. The fraction of sp³-hybridized carbons (Fsp3) is 0.316. The summed E-state index contributed by atoms with van der Waals surface area (Å²) in [5.74, 6) is 1.35. The maximum atomic E-state index is 12.3. The summed E-state index contributed by atoms with van der Waals surface area (Å²) >= 11 is 0. The van der Waals surface area contributed by atoms with Crippen molar-refractivity contribution in [2.75, 3.05) is 20.3 Å². The fourth-order valence-electron chi connectivity index (χ4n) is 2.33. The van der Waals surface area contributed by atoms with Gasteiger partial charge in [-0.1, -0.05) is 37.3 Å². The Morgan fingerprint density at radius 1 is 1.13 bits per heavy atom. The largest absolute Gasteiger partial charge is 0.493 e. The molecule has 4 nitrogen and oxygen atoms in total. The van der Waals surface area contributed by atoms with Crippen LogP contribution in [0, 0.1) is 0 Å². The van der Waals surface area contributed by atoms with Gasteiger partial charge < -0.3 is 14.8 Å². The number of nitrogens with one attached hydrogen (secondary N) is 1. The van der Waals surface area contributed by atoms with E-state index in [0.717, 1.165) is 0 Å². The molecule has 1 N–H and O–H groups in total. The molecule has 23 heavy (non-hydrogen) atoms. The fourth-order valence-corrected chi connectivity index (χ4v) is 2.33. The SMILES string of the molecule is CCOc1ccc(C(=O)NC[C@@H](C)c2ccccc2)cc1OC. The number of hydrogen-bond acceptors (Lipinski definition) is 3. The van der Waals surface area contributed by atoms with Crippen LogP contribution in [-0.2, 0) is 0 Å². The third-order valence-corrected chi connectivity index (χ3v) is 3.66. The lowest BCUT2D eigenvalue weighted by Crippen LogP contribution is -2.27. The summed E-state index contributed by atoms with van der Waals surface area (Å²) in [4.78, 5) is 12.3. The molecule has 4 heteroatoms. The van der Waals surface area contributed by atoms with Gasteiger partial charge in [0.25, 0.3) is 5.91 Å². The van der Waals surface area contributed by atoms with Crippen molar-refractivity contribution in [2.45, 2.75) is 19.8 Å². The van der Waals surface area contributed by atoms with Gasteiger partial charge in [0.05, 0.1) is 13.7 Å². The van der Waals surface area contributed by atoms with Crippen molar-refractivity contribution in [3.63, 3.8) is 0 Å². The lowest BCUT2D eigenvalue weighted by molar-refractivity contribution is 0.0951. The van der Waals surface area contributed by atoms with Gasteiger partial charge in [-0.15, -0.1) is 0 Å². The van der Waals surface area contributed by atoms with Crippen molar-refractivity contribution < 1.29 is 14.3 Å². The Kier molecular flexibility index (Phi) is 6.03. The highest BCUT2D eigenvalue weighted by Gasteiger charge is 2.12. The molecule has 0 aromatic heterocycles. The monoisotopic (exact) mass is 313 g/mol. The number of carbonyl (C=O) groups is 1. The first-order chi connectivity index (χ1) is 11.2. The number of rotatable bonds is 7. The molecule has 0 unspecified atom stereocenters. The molecule has 0 bridgehead atoms. The van der Waals surface area contributed by atoms with E-state index in [9.17, 15) is 4.79 Å². The minimum absolute atomic E-state index is 0.117. The first-order valence-corrected chi connectivity index (χ1v) is 7.79. The minimum Gasteiger partial charge on any atom is -0.493 e. The average Bonchev–Trinajstić information content (AvgIpc) is 2.60. The van der Waals surface area contributed by atoms with Gasteiger partial charge in [0.1, 0.15) is 0 Å². The lowest BCUT2D eigenvalue weighted by atomic mass is 10.0. The summed E-state index contributed by atoms with van der Waals surface area (Å²) in [6, 6.07) is 15.3. The average molecular weight is 313 g/mol. The molecular weight excluding hydrogens is 290 g/mol. The summed E-state index contributed by atoms with van der Waals surface area (Å²) in [5, 5.41) is 2.96. The van der Waals surface area contributed by atoms with Crippen LogP contribution < -0.4 is 14.8 Å². The topological polar surface area (TPSA) is 47.6 Å². The van der Waals surface area contributed by atoms with Crippen LogP contribution in [0.1, 0.15) is 35.7 Å². The van der Waals surface area contributed by atoms with Crippen LogP contribution in [0.5, 0.6) is 11.5 Å². The third-order valence-electron chi connectivity index (χ3n) is 3.66. The second-order valence-electron chi connectivity index (χ2n) is 5.32. The van der Waals surface area contributed by atoms with Crippen LogP contribution in [0.2, 0.25) is 0 Å². The van der Waals surface area contributed by atoms with E-state index in [1.807, 2.05) is 25.1 Å². The molecule has 0 fully saturated rings. The van der Waals surface area contributed by atoms with Crippen molar-refractivity contribution in [3.05, 3.63) is 59.7 Å². The Hall–Kier alpha value is -2.49. The quantitative estimate of drug-likeness (QED) is 0.849. The van der Waals surface area contributed by atoms with Crippen molar-refractivity contribution in [3.8, 4) is 11.5 Å². The van der Waals surface area contributed by atoms with E-state index < -0.39 is 0 Å². The van der Waals surface area contributed by atoms with Gasteiger partial charge in [0.15, 0.2) is 11.5 Å². The predicted octanol–water partition coefficient (Wildman–Crippen LogP) is 3.63. The van der Waals surface area contributed by atoms with Gasteiger partial charge in [-0.2, -0.15) is 0 Å². The van der Waals surface area contributed by atoms with Gasteiger partial charge in [-0.3, -0.25) is 4.79 Å². The van der Waals surface area contributed by atoms with Crippen LogP contribution in [0.15, 0.2) is 48.5 Å². The van der Waals surface area contributed by atoms with E-state index in [-0.39, 0.29) is 11.8 Å². The lowest BCUT2D eigenvalue weighted by Gasteiger charge is -2.14. The van der Waals surface area contributed by atoms with E-state index in [2.05, 4.69) is 24.4 Å². The smallest absolute Gasteiger partial charge is 0.251 e. The Morgan fingerprint density at radius 2 is 1.87 bits per heavy atom. The summed E-state index contributed by atoms with van der Waals surface area (Å²) < 4.78 is 10.7. The van der Waals surface area contributed by atoms with Gasteiger partial charge in [0.2, 0.25) is 0 Å². The van der Waals surface area contributed by atoms with Crippen molar-refractivity contribution in [2.24, 2.45) is 0 Å². The van der Waals surface area contributed by atoms with E-state index in [0.29, 0.717) is 30.2 Å². The highest BCUT2D eigenvalue weighted by Crippen LogP contribution is 2.28. The van der Waals surface area contributed by atoms with E-state index >= 15 is 0 Å². The van der Waals surface area contributed by atoms with Crippen LogP contribution in [-0.4, -0.2) is 26.2 Å². The normalized spacial score (nSPS) is 11.6. The number of hydrogen-bond donors (Lipinski definition) is 1. The Labute approximate surface area is 137 Å². The van der Waals surface area contributed by atoms with E-state index in [1.54, 1.807) is 25.3 Å². The summed E-state index contributed by atoms with van der Waals surface area (Å²) in [6.07, 6.45) is 0. The Bertz CT molecular complexity index is 640. The zero-order valence-corrected chi connectivity index (χ0v) is 13.8. The highest BCUT2D eigenvalue weighted by atomic mass is 16.5. The zero-order chi connectivity index (χ0) is 16.7. The number of amides is 1. The van der Waals surface area contributed by atoms with Crippen molar-refractivity contribution in [1.29, 1.82) is 0 Å². The van der Waals surface area contributed by atoms with Crippen molar-refractivity contribution >= 4 is 5.91 Å². The molecule has 0 spiro atoms. The molecule has 0 saturated heterocycles. The van der Waals surface area contributed by atoms with E-state index in [4.69, 9.17) is 9.47 Å². The maximum Gasteiger partial charge on any atom is 0.251 e. The molecule has 122 valence electrons. The van der Waals surface area contributed by atoms with Gasteiger partial charge in [-0.05, 0) is 36.6 Å². The standard InChI is InChI=1S/C19H23NO3/c1-4-23-17-11-10-16(12-18(17)22-3)19(21)20-13-14(2)15-8-6-5-7-9-15/h5-12,14H,4,13H2,1-3H3,(H,20,21)/t14-/m1/s1. The molecule has 2 aromatic rings. The molecule has 0 heterocycles. The van der Waals surface area contributed by atoms with Crippen LogP contribution in [0.4, 0.5) is 0 Å². The van der Waals surface area contributed by atoms with Gasteiger partial charge in [-0.25, -0.2) is 0 Å². The predicted molar refractivity (Wildman–Crippen MR) is 91.4 cm³/mol. The Morgan fingerprint density at radius 3 is 2.52 bits per heavy atom.